The number of hydrogen-bond donors (Lipinski definition) is 3. The van der Waals surface area contributed by atoms with E-state index in [9.17, 15) is 10.0 Å². The molecule has 29 heavy (non-hydrogen) atoms. The van der Waals surface area contributed by atoms with E-state index in [0.29, 0.717) is 36.1 Å². The molecule has 0 aliphatic carbocycles. The van der Waals surface area contributed by atoms with Crippen LogP contribution in [0.25, 0.3) is 0 Å². The summed E-state index contributed by atoms with van der Waals surface area (Å²) in [7, 11) is 0.0111. The van der Waals surface area contributed by atoms with E-state index in [1.165, 1.54) is 7.11 Å². The molecule has 1 aliphatic rings. The summed E-state index contributed by atoms with van der Waals surface area (Å²) in [6.45, 7) is 2.61. The molecule has 3 aromatic rings. The highest BCUT2D eigenvalue weighted by Gasteiger charge is 2.33. The molecule has 0 saturated heterocycles. The molecule has 1 unspecified atom stereocenters. The quantitative estimate of drug-likeness (QED) is 0.540. The number of methoxy groups -OCH3 is 1. The fourth-order valence-electron chi connectivity index (χ4n) is 3.66. The standard InChI is InChI=1S/C20H22BN5O3/c1-13-11-15-16(21(27)28)9-6-10-17(15)26(13)20-23-18(19(29-2)24-25-20)22-12-14-7-4-3-5-8-14/h3-10,13,27-28H,11-12H2,1-2H3,(H,22,23,25). The summed E-state index contributed by atoms with van der Waals surface area (Å²) < 4.78 is 5.32. The van der Waals surface area contributed by atoms with Crippen molar-refractivity contribution in [2.24, 2.45) is 0 Å². The molecule has 0 spiro atoms. The van der Waals surface area contributed by atoms with Gasteiger partial charge in [0.15, 0.2) is 5.82 Å². The van der Waals surface area contributed by atoms with Crippen molar-refractivity contribution in [3.63, 3.8) is 0 Å². The molecule has 148 valence electrons. The molecule has 1 aliphatic heterocycles. The minimum atomic E-state index is -1.52. The van der Waals surface area contributed by atoms with Crippen LogP contribution in [-0.4, -0.2) is 45.5 Å². The molecule has 0 fully saturated rings. The number of ether oxygens (including phenoxy) is 1. The van der Waals surface area contributed by atoms with Crippen molar-refractivity contribution in [1.29, 1.82) is 0 Å². The predicted molar refractivity (Wildman–Crippen MR) is 112 cm³/mol. The summed E-state index contributed by atoms with van der Waals surface area (Å²) in [4.78, 5) is 6.62. The van der Waals surface area contributed by atoms with E-state index in [2.05, 4.69) is 20.5 Å². The predicted octanol–water partition coefficient (Wildman–Crippen LogP) is 1.25. The van der Waals surface area contributed by atoms with Gasteiger partial charge in [-0.25, -0.2) is 0 Å². The summed E-state index contributed by atoms with van der Waals surface area (Å²) in [5.74, 6) is 1.24. The van der Waals surface area contributed by atoms with E-state index in [1.54, 1.807) is 12.1 Å². The van der Waals surface area contributed by atoms with Crippen LogP contribution in [0.2, 0.25) is 0 Å². The Balaban J connectivity index is 1.67. The lowest BCUT2D eigenvalue weighted by Gasteiger charge is -2.23. The molecule has 4 rings (SSSR count). The van der Waals surface area contributed by atoms with E-state index >= 15 is 0 Å². The van der Waals surface area contributed by atoms with Crippen LogP contribution in [0, 0.1) is 0 Å². The normalized spacial score (nSPS) is 15.2. The van der Waals surface area contributed by atoms with Crippen LogP contribution in [0.1, 0.15) is 18.1 Å². The second kappa shape index (κ2) is 8.06. The van der Waals surface area contributed by atoms with E-state index in [0.717, 1.165) is 16.8 Å². The van der Waals surface area contributed by atoms with E-state index in [1.807, 2.05) is 48.2 Å². The molecular weight excluding hydrogens is 369 g/mol. The van der Waals surface area contributed by atoms with Gasteiger partial charge in [0.25, 0.3) is 11.8 Å². The average Bonchev–Trinajstić information content (AvgIpc) is 3.08. The molecule has 2 heterocycles. The summed E-state index contributed by atoms with van der Waals surface area (Å²) in [6, 6.07) is 15.5. The first-order valence-corrected chi connectivity index (χ1v) is 9.42. The van der Waals surface area contributed by atoms with E-state index in [4.69, 9.17) is 4.74 Å². The summed E-state index contributed by atoms with van der Waals surface area (Å²) in [5.41, 5.74) is 3.34. The van der Waals surface area contributed by atoms with Gasteiger partial charge in [-0.1, -0.05) is 42.5 Å². The van der Waals surface area contributed by atoms with Crippen LogP contribution >= 0.6 is 0 Å². The third kappa shape index (κ3) is 3.74. The Morgan fingerprint density at radius 1 is 1.14 bits per heavy atom. The summed E-state index contributed by atoms with van der Waals surface area (Å²) in [5, 5.41) is 31.1. The highest BCUT2D eigenvalue weighted by molar-refractivity contribution is 6.59. The molecule has 1 atom stereocenters. The average molecular weight is 391 g/mol. The molecule has 0 saturated carbocycles. The van der Waals surface area contributed by atoms with Gasteiger partial charge in [0, 0.05) is 18.3 Å². The maximum Gasteiger partial charge on any atom is 0.488 e. The molecule has 0 radical (unpaired) electrons. The Morgan fingerprint density at radius 3 is 2.66 bits per heavy atom. The van der Waals surface area contributed by atoms with Crippen LogP contribution in [0.5, 0.6) is 5.88 Å². The topological polar surface area (TPSA) is 104 Å². The number of hydrogen-bond acceptors (Lipinski definition) is 8. The number of aromatic nitrogens is 3. The van der Waals surface area contributed by atoms with Gasteiger partial charge in [-0.15, -0.1) is 10.2 Å². The fraction of sp³-hybridized carbons (Fsp3) is 0.250. The Labute approximate surface area is 169 Å². The molecule has 9 heteroatoms. The summed E-state index contributed by atoms with van der Waals surface area (Å²) >= 11 is 0. The van der Waals surface area contributed by atoms with Crippen molar-refractivity contribution < 1.29 is 14.8 Å². The van der Waals surface area contributed by atoms with Crippen molar-refractivity contribution in [3.05, 3.63) is 59.7 Å². The van der Waals surface area contributed by atoms with Gasteiger partial charge in [-0.3, -0.25) is 0 Å². The molecule has 0 bridgehead atoms. The van der Waals surface area contributed by atoms with E-state index < -0.39 is 7.12 Å². The Hall–Kier alpha value is -3.17. The van der Waals surface area contributed by atoms with Crippen LogP contribution in [0.3, 0.4) is 0 Å². The highest BCUT2D eigenvalue weighted by Crippen LogP contribution is 2.36. The smallest absolute Gasteiger partial charge is 0.477 e. The Kier molecular flexibility index (Phi) is 5.33. The molecular formula is C20H22BN5O3. The lowest BCUT2D eigenvalue weighted by Crippen LogP contribution is -2.32. The van der Waals surface area contributed by atoms with Crippen molar-refractivity contribution in [2.75, 3.05) is 17.3 Å². The lowest BCUT2D eigenvalue weighted by atomic mass is 9.76. The minimum Gasteiger partial charge on any atom is -0.477 e. The minimum absolute atomic E-state index is 0.0436. The zero-order valence-electron chi connectivity index (χ0n) is 16.3. The van der Waals surface area contributed by atoms with Gasteiger partial charge in [0.05, 0.1) is 7.11 Å². The van der Waals surface area contributed by atoms with Gasteiger partial charge < -0.3 is 25.0 Å². The van der Waals surface area contributed by atoms with Crippen LogP contribution < -0.4 is 20.4 Å². The molecule has 8 nitrogen and oxygen atoms in total. The Bertz CT molecular complexity index is 1000. The highest BCUT2D eigenvalue weighted by atomic mass is 16.5. The zero-order valence-corrected chi connectivity index (χ0v) is 16.3. The third-order valence-electron chi connectivity index (χ3n) is 5.02. The van der Waals surface area contributed by atoms with Gasteiger partial charge in [-0.2, -0.15) is 4.98 Å². The maximum absolute atomic E-state index is 9.69. The lowest BCUT2D eigenvalue weighted by molar-refractivity contribution is 0.391. The fourth-order valence-corrected chi connectivity index (χ4v) is 3.66. The zero-order chi connectivity index (χ0) is 20.4. The number of anilines is 3. The van der Waals surface area contributed by atoms with Crippen molar-refractivity contribution in [2.45, 2.75) is 25.9 Å². The van der Waals surface area contributed by atoms with Gasteiger partial charge in [0.2, 0.25) is 0 Å². The first-order valence-electron chi connectivity index (χ1n) is 9.42. The van der Waals surface area contributed by atoms with Gasteiger partial charge >= 0.3 is 7.12 Å². The first kappa shape index (κ1) is 19.2. The second-order valence-electron chi connectivity index (χ2n) is 6.95. The van der Waals surface area contributed by atoms with Crippen molar-refractivity contribution in [1.82, 2.24) is 15.2 Å². The molecule has 1 aromatic heterocycles. The summed E-state index contributed by atoms with van der Waals surface area (Å²) in [6.07, 6.45) is 0.658. The van der Waals surface area contributed by atoms with Crippen LogP contribution in [-0.2, 0) is 13.0 Å². The third-order valence-corrected chi connectivity index (χ3v) is 5.02. The SMILES string of the molecule is COc1nnc(N2c3cccc(B(O)O)c3CC2C)nc1NCc1ccccc1. The van der Waals surface area contributed by atoms with Crippen LogP contribution in [0.15, 0.2) is 48.5 Å². The largest absolute Gasteiger partial charge is 0.488 e. The second-order valence-corrected chi connectivity index (χ2v) is 6.95. The number of nitrogens with zero attached hydrogens (tertiary/aromatic N) is 4. The van der Waals surface area contributed by atoms with Crippen molar-refractivity contribution in [3.8, 4) is 5.88 Å². The molecule has 0 amide bonds. The van der Waals surface area contributed by atoms with Crippen LogP contribution in [0.4, 0.5) is 17.5 Å². The number of benzene rings is 2. The van der Waals surface area contributed by atoms with Crippen molar-refractivity contribution >= 4 is 30.0 Å². The van der Waals surface area contributed by atoms with E-state index in [-0.39, 0.29) is 6.04 Å². The number of rotatable bonds is 6. The van der Waals surface area contributed by atoms with Gasteiger partial charge in [0.1, 0.15) is 0 Å². The molecule has 3 N–H and O–H groups in total. The van der Waals surface area contributed by atoms with Gasteiger partial charge in [-0.05, 0) is 36.0 Å². The molecule has 2 aromatic carbocycles. The number of fused-ring (bicyclic) bond motifs is 1. The Morgan fingerprint density at radius 2 is 1.93 bits per heavy atom. The number of nitrogens with one attached hydrogen (secondary N) is 1. The first-order chi connectivity index (χ1) is 14.1. The monoisotopic (exact) mass is 391 g/mol. The maximum atomic E-state index is 9.69.